The maximum atomic E-state index is 14.0. The third-order valence-electron chi connectivity index (χ3n) is 5.70. The van der Waals surface area contributed by atoms with Gasteiger partial charge in [-0.3, -0.25) is 4.90 Å². The Kier molecular flexibility index (Phi) is 5.89. The number of hydrogen-bond acceptors (Lipinski definition) is 4. The largest absolute Gasteiger partial charge is 0.351 e. The van der Waals surface area contributed by atoms with Crippen molar-refractivity contribution in [1.29, 1.82) is 0 Å². The number of nitrogens with one attached hydrogen (secondary N) is 1. The van der Waals surface area contributed by atoms with E-state index in [9.17, 15) is 4.39 Å². The molecule has 5 rings (SSSR count). The van der Waals surface area contributed by atoms with Gasteiger partial charge in [-0.2, -0.15) is 4.98 Å². The van der Waals surface area contributed by atoms with Gasteiger partial charge in [0.2, 0.25) is 5.82 Å². The van der Waals surface area contributed by atoms with Crippen molar-refractivity contribution in [1.82, 2.24) is 15.5 Å². The highest BCUT2D eigenvalue weighted by Crippen LogP contribution is 2.39. The molecule has 1 aromatic heterocycles. The Balaban J connectivity index is 1.66. The Morgan fingerprint density at radius 2 is 1.79 bits per heavy atom. The molecule has 1 aliphatic heterocycles. The van der Waals surface area contributed by atoms with Gasteiger partial charge in [0, 0.05) is 16.3 Å². The maximum Gasteiger partial charge on any atom is 0.258 e. The number of anilines is 1. The summed E-state index contributed by atoms with van der Waals surface area (Å²) in [6, 6.07) is 21.4. The van der Waals surface area contributed by atoms with Crippen molar-refractivity contribution in [3.63, 3.8) is 0 Å². The van der Waals surface area contributed by atoms with E-state index in [0.29, 0.717) is 27.5 Å². The Labute approximate surface area is 206 Å². The number of rotatable bonds is 4. The molecule has 1 atom stereocenters. The van der Waals surface area contributed by atoms with Crippen LogP contribution in [0.1, 0.15) is 30.0 Å². The van der Waals surface area contributed by atoms with Crippen LogP contribution < -0.4 is 10.2 Å². The van der Waals surface area contributed by atoms with Crippen LogP contribution in [0.5, 0.6) is 0 Å². The number of benzene rings is 3. The summed E-state index contributed by atoms with van der Waals surface area (Å²) in [6.07, 6.45) is 0. The molecule has 0 bridgehead atoms. The highest BCUT2D eigenvalue weighted by molar-refractivity contribution is 7.80. The average Bonchev–Trinajstić information content (AvgIpc) is 3.29. The monoisotopic (exact) mass is 490 g/mol. The molecule has 0 saturated heterocycles. The number of hydrogen-bond donors (Lipinski definition) is 1. The number of aromatic nitrogens is 2. The fourth-order valence-electron chi connectivity index (χ4n) is 4.03. The van der Waals surface area contributed by atoms with E-state index < -0.39 is 0 Å². The van der Waals surface area contributed by atoms with Gasteiger partial charge in [0.05, 0.1) is 17.3 Å². The highest BCUT2D eigenvalue weighted by Gasteiger charge is 2.34. The van der Waals surface area contributed by atoms with Crippen molar-refractivity contribution in [2.75, 3.05) is 4.90 Å². The van der Waals surface area contributed by atoms with E-state index in [4.69, 9.17) is 28.3 Å². The summed E-state index contributed by atoms with van der Waals surface area (Å²) in [5.74, 6) is 0.414. The third kappa shape index (κ3) is 4.20. The van der Waals surface area contributed by atoms with Gasteiger partial charge in [0.15, 0.2) is 5.11 Å². The summed E-state index contributed by atoms with van der Waals surface area (Å²) in [5.41, 5.74) is 5.00. The lowest BCUT2D eigenvalue weighted by molar-refractivity contribution is 0.404. The van der Waals surface area contributed by atoms with Gasteiger partial charge in [-0.05, 0) is 62.0 Å². The first-order valence-corrected chi connectivity index (χ1v) is 11.4. The minimum atomic E-state index is -0.351. The van der Waals surface area contributed by atoms with Crippen LogP contribution in [0.2, 0.25) is 5.02 Å². The van der Waals surface area contributed by atoms with Gasteiger partial charge in [-0.25, -0.2) is 4.39 Å². The van der Waals surface area contributed by atoms with Crippen molar-refractivity contribution in [2.45, 2.75) is 19.9 Å². The summed E-state index contributed by atoms with van der Waals surface area (Å²) >= 11 is 11.9. The molecule has 8 heteroatoms. The molecule has 2 heterocycles. The highest BCUT2D eigenvalue weighted by atomic mass is 35.5. The van der Waals surface area contributed by atoms with Crippen molar-refractivity contribution in [3.8, 4) is 11.4 Å². The SMILES string of the molecule is CC1=C(c2nc(-c3cccc(Cl)c3)no2)C(c2ccc(C)cc2)NC(=S)N1c1cccc(F)c1. The molecule has 4 aromatic rings. The molecule has 1 N–H and O–H groups in total. The first-order valence-electron chi connectivity index (χ1n) is 10.6. The van der Waals surface area contributed by atoms with E-state index >= 15 is 0 Å². The molecule has 0 spiro atoms. The van der Waals surface area contributed by atoms with Crippen molar-refractivity contribution in [2.24, 2.45) is 0 Å². The summed E-state index contributed by atoms with van der Waals surface area (Å²) in [5, 5.41) is 8.61. The molecule has 1 aliphatic rings. The van der Waals surface area contributed by atoms with Gasteiger partial charge >= 0.3 is 0 Å². The molecule has 0 amide bonds. The molecule has 0 aliphatic carbocycles. The summed E-state index contributed by atoms with van der Waals surface area (Å²) < 4.78 is 19.8. The molecule has 1 unspecified atom stereocenters. The number of nitrogens with zero attached hydrogens (tertiary/aromatic N) is 3. The molecule has 34 heavy (non-hydrogen) atoms. The second kappa shape index (κ2) is 9.00. The molecule has 0 radical (unpaired) electrons. The second-order valence-electron chi connectivity index (χ2n) is 8.04. The fourth-order valence-corrected chi connectivity index (χ4v) is 4.58. The quantitative estimate of drug-likeness (QED) is 0.321. The summed E-state index contributed by atoms with van der Waals surface area (Å²) in [4.78, 5) is 6.46. The van der Waals surface area contributed by atoms with Gasteiger partial charge in [0.25, 0.3) is 5.89 Å². The molecule has 3 aromatic carbocycles. The first-order chi connectivity index (χ1) is 16.4. The Hall–Kier alpha value is -3.55. The number of allylic oxidation sites excluding steroid dienone is 1. The minimum absolute atomic E-state index is 0.328. The van der Waals surface area contributed by atoms with Gasteiger partial charge in [0.1, 0.15) is 5.82 Å². The standard InChI is InChI=1S/C26H20ClFN4OS/c1-15-9-11-17(12-10-15)23-22(25-30-24(31-33-25)18-5-3-6-19(27)13-18)16(2)32(26(34)29-23)21-8-4-7-20(28)14-21/h3-14,23H,1-2H3,(H,29,34). The Morgan fingerprint density at radius 1 is 1.03 bits per heavy atom. The predicted molar refractivity (Wildman–Crippen MR) is 136 cm³/mol. The molecule has 0 fully saturated rings. The molecule has 5 nitrogen and oxygen atoms in total. The van der Waals surface area contributed by atoms with Crippen molar-refractivity contribution >= 4 is 40.2 Å². The van der Waals surface area contributed by atoms with E-state index in [2.05, 4.69) is 15.5 Å². The van der Waals surface area contributed by atoms with Crippen LogP contribution in [0.4, 0.5) is 10.1 Å². The van der Waals surface area contributed by atoms with Crippen LogP contribution in [-0.2, 0) is 0 Å². The predicted octanol–water partition coefficient (Wildman–Crippen LogP) is 6.70. The van der Waals surface area contributed by atoms with E-state index in [1.54, 1.807) is 29.2 Å². The zero-order valence-electron chi connectivity index (χ0n) is 18.4. The van der Waals surface area contributed by atoms with Crippen LogP contribution in [-0.4, -0.2) is 15.3 Å². The molecular formula is C26H20ClFN4OS. The van der Waals surface area contributed by atoms with Gasteiger partial charge in [-0.15, -0.1) is 0 Å². The zero-order valence-corrected chi connectivity index (χ0v) is 20.0. The Morgan fingerprint density at radius 3 is 2.53 bits per heavy atom. The van der Waals surface area contributed by atoms with E-state index in [-0.39, 0.29) is 11.9 Å². The lowest BCUT2D eigenvalue weighted by Crippen LogP contribution is -2.46. The second-order valence-corrected chi connectivity index (χ2v) is 8.86. The van der Waals surface area contributed by atoms with E-state index in [1.165, 1.54) is 12.1 Å². The van der Waals surface area contributed by atoms with E-state index in [1.807, 2.05) is 50.2 Å². The Bertz CT molecular complexity index is 1420. The van der Waals surface area contributed by atoms with Crippen LogP contribution in [0, 0.1) is 12.7 Å². The van der Waals surface area contributed by atoms with Crippen LogP contribution >= 0.6 is 23.8 Å². The van der Waals surface area contributed by atoms with Crippen molar-refractivity contribution in [3.05, 3.63) is 106 Å². The van der Waals surface area contributed by atoms with Gasteiger partial charge in [-0.1, -0.05) is 64.8 Å². The topological polar surface area (TPSA) is 54.2 Å². The number of thiocarbonyl (C=S) groups is 1. The van der Waals surface area contributed by atoms with Crippen molar-refractivity contribution < 1.29 is 8.91 Å². The maximum absolute atomic E-state index is 14.0. The van der Waals surface area contributed by atoms with E-state index in [0.717, 1.165) is 28.0 Å². The minimum Gasteiger partial charge on any atom is -0.351 e. The third-order valence-corrected chi connectivity index (χ3v) is 6.24. The smallest absolute Gasteiger partial charge is 0.258 e. The molecule has 0 saturated carbocycles. The van der Waals surface area contributed by atoms with Crippen LogP contribution in [0.25, 0.3) is 17.0 Å². The summed E-state index contributed by atoms with van der Waals surface area (Å²) in [7, 11) is 0. The first kappa shape index (κ1) is 22.3. The molecular weight excluding hydrogens is 471 g/mol. The normalized spacial score (nSPS) is 16.1. The zero-order chi connectivity index (χ0) is 23.8. The lowest BCUT2D eigenvalue weighted by Gasteiger charge is -2.37. The number of aryl methyl sites for hydroxylation is 1. The average molecular weight is 491 g/mol. The summed E-state index contributed by atoms with van der Waals surface area (Å²) in [6.45, 7) is 3.95. The lowest BCUT2D eigenvalue weighted by atomic mass is 9.94. The molecule has 170 valence electrons. The number of halogens is 2. The fraction of sp³-hybridized carbons (Fsp3) is 0.115. The van der Waals surface area contributed by atoms with Crippen LogP contribution in [0.15, 0.2) is 83.0 Å². The van der Waals surface area contributed by atoms with Gasteiger partial charge < -0.3 is 9.84 Å². The van der Waals surface area contributed by atoms with Crippen LogP contribution in [0.3, 0.4) is 0 Å².